The van der Waals surface area contributed by atoms with E-state index in [0.29, 0.717) is 4.90 Å². The Morgan fingerprint density at radius 2 is 1.95 bits per heavy atom. The topological polar surface area (TPSA) is 80.5 Å². The third-order valence-corrected chi connectivity index (χ3v) is 3.73. The number of carbonyl (C=O) groups excluding carboxylic acids is 3. The summed E-state index contributed by atoms with van der Waals surface area (Å²) >= 11 is 5.71. The highest BCUT2D eigenvalue weighted by molar-refractivity contribution is 6.31. The van der Waals surface area contributed by atoms with Crippen LogP contribution in [0, 0.1) is 5.41 Å². The Bertz CT molecular complexity index is 596. The van der Waals surface area contributed by atoms with Crippen LogP contribution in [0.15, 0.2) is 18.2 Å². The summed E-state index contributed by atoms with van der Waals surface area (Å²) in [7, 11) is 0. The molecule has 1 aromatic rings. The minimum atomic E-state index is -0.996. The van der Waals surface area contributed by atoms with Gasteiger partial charge in [0.05, 0.1) is 16.5 Å². The van der Waals surface area contributed by atoms with Crippen LogP contribution in [0.4, 0.5) is 5.69 Å². The third kappa shape index (κ3) is 1.90. The predicted molar refractivity (Wildman–Crippen MR) is 70.9 cm³/mol. The second kappa shape index (κ2) is 4.35. The van der Waals surface area contributed by atoms with Crippen LogP contribution in [-0.4, -0.2) is 28.5 Å². The van der Waals surface area contributed by atoms with Gasteiger partial charge in [-0.25, -0.2) is 4.90 Å². The van der Waals surface area contributed by atoms with Crippen LogP contribution in [0.1, 0.15) is 34.6 Å². The molecule has 3 amide bonds. The van der Waals surface area contributed by atoms with E-state index in [0.717, 1.165) is 0 Å². The second-order valence-electron chi connectivity index (χ2n) is 5.04. The molecule has 1 aromatic carbocycles. The molecule has 0 aliphatic carbocycles. The summed E-state index contributed by atoms with van der Waals surface area (Å²) in [6.07, 6.45) is 0. The number of hydrogen-bond donors (Lipinski definition) is 1. The highest BCUT2D eigenvalue weighted by Gasteiger charge is 2.45. The molecule has 0 saturated heterocycles. The van der Waals surface area contributed by atoms with Gasteiger partial charge in [0.2, 0.25) is 5.91 Å². The van der Waals surface area contributed by atoms with Crippen LogP contribution in [-0.2, 0) is 4.79 Å². The van der Waals surface area contributed by atoms with E-state index in [1.165, 1.54) is 12.1 Å². The maximum atomic E-state index is 12.3. The third-order valence-electron chi connectivity index (χ3n) is 3.06. The minimum Gasteiger partial charge on any atom is -0.398 e. The van der Waals surface area contributed by atoms with E-state index in [1.807, 2.05) is 0 Å². The van der Waals surface area contributed by atoms with Gasteiger partial charge in [0.15, 0.2) is 0 Å². The van der Waals surface area contributed by atoms with Crippen molar-refractivity contribution in [2.45, 2.75) is 13.8 Å². The first-order valence-electron chi connectivity index (χ1n) is 5.69. The maximum absolute atomic E-state index is 12.3. The molecule has 1 aliphatic rings. The number of carbonyl (C=O) groups is 3. The smallest absolute Gasteiger partial charge is 0.270 e. The Labute approximate surface area is 115 Å². The zero-order chi connectivity index (χ0) is 14.4. The Hall–Kier alpha value is -1.88. The molecule has 0 spiro atoms. The van der Waals surface area contributed by atoms with Gasteiger partial charge in [0.25, 0.3) is 11.8 Å². The molecule has 1 aliphatic heterocycles. The van der Waals surface area contributed by atoms with Crippen LogP contribution in [0.25, 0.3) is 0 Å². The normalized spacial score (nSPS) is 14.8. The first-order valence-corrected chi connectivity index (χ1v) is 6.22. The number of nitrogen functional groups attached to an aromatic ring is 1. The van der Waals surface area contributed by atoms with Crippen molar-refractivity contribution >= 4 is 35.0 Å². The fourth-order valence-electron chi connectivity index (χ4n) is 1.86. The summed E-state index contributed by atoms with van der Waals surface area (Å²) in [5.41, 5.74) is 5.13. The largest absolute Gasteiger partial charge is 0.398 e. The first-order chi connectivity index (χ1) is 8.81. The number of alkyl halides is 1. The van der Waals surface area contributed by atoms with Crippen LogP contribution >= 0.6 is 11.6 Å². The molecule has 0 atom stereocenters. The zero-order valence-corrected chi connectivity index (χ0v) is 11.3. The van der Waals surface area contributed by atoms with E-state index in [4.69, 9.17) is 17.3 Å². The summed E-state index contributed by atoms with van der Waals surface area (Å²) in [4.78, 5) is 37.2. The summed E-state index contributed by atoms with van der Waals surface area (Å²) in [5.74, 6) is -1.93. The average molecular weight is 281 g/mol. The Kier molecular flexibility index (Phi) is 3.10. The molecule has 2 N–H and O–H groups in total. The molecule has 0 aromatic heterocycles. The number of amides is 3. The second-order valence-corrected chi connectivity index (χ2v) is 5.31. The lowest BCUT2D eigenvalue weighted by molar-refractivity contribution is -0.133. The lowest BCUT2D eigenvalue weighted by Crippen LogP contribution is -2.45. The summed E-state index contributed by atoms with van der Waals surface area (Å²) in [6, 6.07) is 4.57. The van der Waals surface area contributed by atoms with E-state index in [2.05, 4.69) is 0 Å². The molecule has 0 fully saturated rings. The van der Waals surface area contributed by atoms with Gasteiger partial charge in [-0.05, 0) is 26.0 Å². The molecule has 0 unspecified atom stereocenters. The van der Waals surface area contributed by atoms with Crippen LogP contribution in [0.2, 0.25) is 0 Å². The number of nitrogens with two attached hydrogens (primary N) is 1. The monoisotopic (exact) mass is 280 g/mol. The maximum Gasteiger partial charge on any atom is 0.270 e. The Morgan fingerprint density at radius 1 is 1.32 bits per heavy atom. The van der Waals surface area contributed by atoms with Crippen molar-refractivity contribution in [2.75, 3.05) is 11.6 Å². The van der Waals surface area contributed by atoms with Gasteiger partial charge in [-0.3, -0.25) is 14.4 Å². The van der Waals surface area contributed by atoms with Gasteiger partial charge in [-0.2, -0.15) is 0 Å². The Balaban J connectivity index is 2.50. The highest BCUT2D eigenvalue weighted by Crippen LogP contribution is 2.31. The van der Waals surface area contributed by atoms with Gasteiger partial charge in [0, 0.05) is 11.6 Å². The standard InChI is InChI=1S/C13H13ClN2O3/c1-13(2,6-14)12(19)16-10(17)7-4-3-5-8(15)9(7)11(16)18/h3-5H,6,15H2,1-2H3. The molecule has 6 heteroatoms. The number of nitrogens with zero attached hydrogens (tertiary/aromatic N) is 1. The predicted octanol–water partition coefficient (Wildman–Crippen LogP) is 1.66. The van der Waals surface area contributed by atoms with Gasteiger partial charge in [-0.1, -0.05) is 6.07 Å². The van der Waals surface area contributed by atoms with Crippen molar-refractivity contribution in [3.8, 4) is 0 Å². The van der Waals surface area contributed by atoms with E-state index < -0.39 is 23.1 Å². The molecular weight excluding hydrogens is 268 g/mol. The minimum absolute atomic E-state index is 0.00865. The molecule has 2 rings (SSSR count). The van der Waals surface area contributed by atoms with Crippen LogP contribution in [0.3, 0.4) is 0 Å². The van der Waals surface area contributed by atoms with Gasteiger partial charge in [0.1, 0.15) is 0 Å². The summed E-state index contributed by atoms with van der Waals surface area (Å²) < 4.78 is 0. The number of imide groups is 3. The number of fused-ring (bicyclic) bond motifs is 1. The summed E-state index contributed by atoms with van der Waals surface area (Å²) in [5, 5.41) is 0. The quantitative estimate of drug-likeness (QED) is 0.507. The average Bonchev–Trinajstić information content (AvgIpc) is 2.62. The molecule has 5 nitrogen and oxygen atoms in total. The Morgan fingerprint density at radius 3 is 2.47 bits per heavy atom. The van der Waals surface area contributed by atoms with Crippen LogP contribution in [0.5, 0.6) is 0 Å². The molecule has 100 valence electrons. The van der Waals surface area contributed by atoms with Crippen molar-refractivity contribution in [3.63, 3.8) is 0 Å². The van der Waals surface area contributed by atoms with Crippen LogP contribution < -0.4 is 5.73 Å². The SMILES string of the molecule is CC(C)(CCl)C(=O)N1C(=O)c2cccc(N)c2C1=O. The first kappa shape index (κ1) is 13.5. The highest BCUT2D eigenvalue weighted by atomic mass is 35.5. The molecule has 0 saturated carbocycles. The van der Waals surface area contributed by atoms with Crippen molar-refractivity contribution in [1.82, 2.24) is 4.90 Å². The van der Waals surface area contributed by atoms with Gasteiger partial charge in [-0.15, -0.1) is 11.6 Å². The number of halogens is 1. The lowest BCUT2D eigenvalue weighted by Gasteiger charge is -2.24. The van der Waals surface area contributed by atoms with E-state index in [9.17, 15) is 14.4 Å². The van der Waals surface area contributed by atoms with E-state index in [-0.39, 0.29) is 22.7 Å². The fourth-order valence-corrected chi connectivity index (χ4v) is 1.97. The molecule has 1 heterocycles. The molecule has 19 heavy (non-hydrogen) atoms. The van der Waals surface area contributed by atoms with E-state index in [1.54, 1.807) is 19.9 Å². The van der Waals surface area contributed by atoms with Gasteiger partial charge >= 0.3 is 0 Å². The van der Waals surface area contributed by atoms with Crippen molar-refractivity contribution in [1.29, 1.82) is 0 Å². The molecular formula is C13H13ClN2O3. The van der Waals surface area contributed by atoms with Crippen molar-refractivity contribution in [2.24, 2.45) is 5.41 Å². The molecule has 0 radical (unpaired) electrons. The number of rotatable bonds is 2. The fraction of sp³-hybridized carbons (Fsp3) is 0.308. The lowest BCUT2D eigenvalue weighted by atomic mass is 9.94. The molecule has 0 bridgehead atoms. The van der Waals surface area contributed by atoms with Crippen molar-refractivity contribution < 1.29 is 14.4 Å². The van der Waals surface area contributed by atoms with E-state index >= 15 is 0 Å². The zero-order valence-electron chi connectivity index (χ0n) is 10.6. The number of benzene rings is 1. The van der Waals surface area contributed by atoms with Crippen molar-refractivity contribution in [3.05, 3.63) is 29.3 Å². The summed E-state index contributed by atoms with van der Waals surface area (Å²) in [6.45, 7) is 3.16. The van der Waals surface area contributed by atoms with Gasteiger partial charge < -0.3 is 5.73 Å². The number of anilines is 1. The number of hydrogen-bond acceptors (Lipinski definition) is 4.